The molecule has 5 rings (SSSR count). The zero-order chi connectivity index (χ0) is 30.7. The third-order valence-electron chi connectivity index (χ3n) is 7.04. The SMILES string of the molecule is COc1cc(C)c(-c2nc3ccccc3c(=O)n2N=Cc2ccc(OCc3cccc(C(=O)O)c3)c(Cl)c2)cc1C(C)C. The van der Waals surface area contributed by atoms with E-state index in [0.717, 1.165) is 22.4 Å². The maximum absolute atomic E-state index is 13.7. The summed E-state index contributed by atoms with van der Waals surface area (Å²) in [5.74, 6) is 0.801. The van der Waals surface area contributed by atoms with Crippen LogP contribution in [-0.4, -0.2) is 34.1 Å². The van der Waals surface area contributed by atoms with E-state index < -0.39 is 5.97 Å². The molecule has 0 aliphatic heterocycles. The molecule has 1 N–H and O–H groups in total. The molecule has 0 unspecified atom stereocenters. The van der Waals surface area contributed by atoms with Crippen LogP contribution in [0.1, 0.15) is 52.4 Å². The minimum atomic E-state index is -1.00. The Kier molecular flexibility index (Phi) is 8.59. The van der Waals surface area contributed by atoms with Crippen molar-refractivity contribution >= 4 is 34.7 Å². The fourth-order valence-corrected chi connectivity index (χ4v) is 5.01. The van der Waals surface area contributed by atoms with Crippen molar-refractivity contribution in [3.05, 3.63) is 122 Å². The van der Waals surface area contributed by atoms with E-state index in [1.165, 1.54) is 10.7 Å². The molecule has 43 heavy (non-hydrogen) atoms. The van der Waals surface area contributed by atoms with Crippen molar-refractivity contribution in [2.45, 2.75) is 33.3 Å². The average molecular weight is 596 g/mol. The third-order valence-corrected chi connectivity index (χ3v) is 7.34. The molecule has 9 heteroatoms. The van der Waals surface area contributed by atoms with E-state index in [0.29, 0.717) is 38.6 Å². The Balaban J connectivity index is 1.51. The van der Waals surface area contributed by atoms with Gasteiger partial charge < -0.3 is 14.6 Å². The molecule has 1 heterocycles. The lowest BCUT2D eigenvalue weighted by atomic mass is 9.96. The number of rotatable bonds is 9. The quantitative estimate of drug-likeness (QED) is 0.179. The monoisotopic (exact) mass is 595 g/mol. The smallest absolute Gasteiger partial charge is 0.335 e. The van der Waals surface area contributed by atoms with Crippen LogP contribution >= 0.6 is 11.6 Å². The Hall–Kier alpha value is -4.95. The zero-order valence-corrected chi connectivity index (χ0v) is 24.9. The number of carbonyl (C=O) groups is 1. The van der Waals surface area contributed by atoms with E-state index in [1.54, 1.807) is 61.9 Å². The Morgan fingerprint density at radius 2 is 1.84 bits per heavy atom. The van der Waals surface area contributed by atoms with Crippen LogP contribution in [0.4, 0.5) is 0 Å². The molecule has 218 valence electrons. The molecular formula is C34H30ClN3O5. The van der Waals surface area contributed by atoms with E-state index in [1.807, 2.05) is 31.2 Å². The summed E-state index contributed by atoms with van der Waals surface area (Å²) in [6, 6.07) is 22.8. The number of fused-ring (bicyclic) bond motifs is 1. The number of aryl methyl sites for hydroxylation is 1. The van der Waals surface area contributed by atoms with Gasteiger partial charge in [0.15, 0.2) is 5.82 Å². The number of methoxy groups -OCH3 is 1. The number of carboxylic acids is 1. The first kappa shape index (κ1) is 29.5. The zero-order valence-electron chi connectivity index (χ0n) is 24.2. The van der Waals surface area contributed by atoms with Crippen LogP contribution in [0.5, 0.6) is 11.5 Å². The highest BCUT2D eigenvalue weighted by Crippen LogP contribution is 2.34. The first-order valence-corrected chi connectivity index (χ1v) is 14.0. The van der Waals surface area contributed by atoms with Gasteiger partial charge in [0.1, 0.15) is 18.1 Å². The van der Waals surface area contributed by atoms with Crippen molar-refractivity contribution in [3.63, 3.8) is 0 Å². The minimum absolute atomic E-state index is 0.148. The molecule has 0 atom stereocenters. The maximum Gasteiger partial charge on any atom is 0.335 e. The third kappa shape index (κ3) is 6.29. The summed E-state index contributed by atoms with van der Waals surface area (Å²) in [6.45, 7) is 6.27. The highest BCUT2D eigenvalue weighted by molar-refractivity contribution is 6.32. The van der Waals surface area contributed by atoms with Crippen molar-refractivity contribution in [1.82, 2.24) is 9.66 Å². The number of benzene rings is 4. The summed E-state index contributed by atoms with van der Waals surface area (Å²) in [5.41, 5.74) is 4.47. The fraction of sp³-hybridized carbons (Fsp3) is 0.176. The lowest BCUT2D eigenvalue weighted by Gasteiger charge is -2.17. The van der Waals surface area contributed by atoms with Gasteiger partial charge in [-0.15, -0.1) is 0 Å². The van der Waals surface area contributed by atoms with Gasteiger partial charge in [0.2, 0.25) is 0 Å². The minimum Gasteiger partial charge on any atom is -0.496 e. The van der Waals surface area contributed by atoms with E-state index in [2.05, 4.69) is 18.9 Å². The van der Waals surface area contributed by atoms with Gasteiger partial charge in [-0.25, -0.2) is 9.78 Å². The maximum atomic E-state index is 13.7. The van der Waals surface area contributed by atoms with Crippen LogP contribution in [0.3, 0.4) is 0 Å². The van der Waals surface area contributed by atoms with Crippen molar-refractivity contribution in [2.24, 2.45) is 5.10 Å². The summed E-state index contributed by atoms with van der Waals surface area (Å²) >= 11 is 6.52. The van der Waals surface area contributed by atoms with Gasteiger partial charge in [-0.2, -0.15) is 9.78 Å². The van der Waals surface area contributed by atoms with Gasteiger partial charge in [0.05, 0.1) is 34.8 Å². The first-order chi connectivity index (χ1) is 20.7. The Bertz CT molecular complexity index is 1930. The van der Waals surface area contributed by atoms with Crippen LogP contribution in [0, 0.1) is 6.92 Å². The molecule has 0 saturated carbocycles. The van der Waals surface area contributed by atoms with Crippen LogP contribution in [0.2, 0.25) is 5.02 Å². The van der Waals surface area contributed by atoms with Gasteiger partial charge in [0.25, 0.3) is 5.56 Å². The second-order valence-electron chi connectivity index (χ2n) is 10.4. The average Bonchev–Trinajstić information content (AvgIpc) is 3.00. The van der Waals surface area contributed by atoms with Gasteiger partial charge >= 0.3 is 5.97 Å². The molecule has 0 spiro atoms. The van der Waals surface area contributed by atoms with Crippen molar-refractivity contribution in [1.29, 1.82) is 0 Å². The van der Waals surface area contributed by atoms with Crippen molar-refractivity contribution in [2.75, 3.05) is 7.11 Å². The normalized spacial score (nSPS) is 11.4. The number of hydrogen-bond acceptors (Lipinski definition) is 6. The molecule has 1 aromatic heterocycles. The summed E-state index contributed by atoms with van der Waals surface area (Å²) in [7, 11) is 1.65. The highest BCUT2D eigenvalue weighted by Gasteiger charge is 2.18. The number of ether oxygens (including phenoxy) is 2. The molecule has 8 nitrogen and oxygen atoms in total. The van der Waals surface area contributed by atoms with Crippen LogP contribution < -0.4 is 15.0 Å². The summed E-state index contributed by atoms with van der Waals surface area (Å²) < 4.78 is 12.8. The Labute approximate surface area is 253 Å². The molecule has 5 aromatic rings. The number of aromatic nitrogens is 2. The molecule has 0 fully saturated rings. The number of para-hydroxylation sites is 1. The van der Waals surface area contributed by atoms with E-state index in [4.69, 9.17) is 26.1 Å². The molecule has 0 aliphatic carbocycles. The van der Waals surface area contributed by atoms with Crippen molar-refractivity contribution < 1.29 is 19.4 Å². The number of aromatic carboxylic acids is 1. The highest BCUT2D eigenvalue weighted by atomic mass is 35.5. The predicted molar refractivity (Wildman–Crippen MR) is 169 cm³/mol. The largest absolute Gasteiger partial charge is 0.496 e. The Morgan fingerprint density at radius 1 is 1.05 bits per heavy atom. The van der Waals surface area contributed by atoms with Crippen molar-refractivity contribution in [3.8, 4) is 22.9 Å². The van der Waals surface area contributed by atoms with Crippen LogP contribution in [-0.2, 0) is 6.61 Å². The van der Waals surface area contributed by atoms with Gasteiger partial charge in [-0.05, 0) is 89.7 Å². The number of hydrogen-bond donors (Lipinski definition) is 1. The summed E-state index contributed by atoms with van der Waals surface area (Å²) in [4.78, 5) is 29.8. The van der Waals surface area contributed by atoms with E-state index in [-0.39, 0.29) is 23.6 Å². The molecule has 0 amide bonds. The summed E-state index contributed by atoms with van der Waals surface area (Å²) in [5, 5.41) is 14.6. The van der Waals surface area contributed by atoms with E-state index in [9.17, 15) is 14.7 Å². The van der Waals surface area contributed by atoms with Crippen LogP contribution in [0.15, 0.2) is 88.8 Å². The number of nitrogens with zero attached hydrogens (tertiary/aromatic N) is 3. The summed E-state index contributed by atoms with van der Waals surface area (Å²) in [6.07, 6.45) is 1.55. The topological polar surface area (TPSA) is 103 Å². The first-order valence-electron chi connectivity index (χ1n) is 13.7. The molecule has 0 aliphatic rings. The molecular weight excluding hydrogens is 566 g/mol. The lowest BCUT2D eigenvalue weighted by molar-refractivity contribution is 0.0696. The standard InChI is InChI=1S/C34H30ClN3O5/c1-20(2)26-17-27(21(3)14-31(26)42-4)32-37-29-11-6-5-10-25(29)33(39)38(32)36-18-22-12-13-30(28(35)16-22)43-19-23-8-7-9-24(15-23)34(40)41/h5-18,20H,19H2,1-4H3,(H,40,41). The number of halogens is 1. The molecule has 0 radical (unpaired) electrons. The van der Waals surface area contributed by atoms with E-state index >= 15 is 0 Å². The lowest BCUT2D eigenvalue weighted by Crippen LogP contribution is -2.20. The van der Waals surface area contributed by atoms with Gasteiger partial charge in [-0.1, -0.05) is 49.7 Å². The second kappa shape index (κ2) is 12.5. The molecule has 4 aromatic carbocycles. The number of carboxylic acid groups (broad SMARTS) is 1. The molecule has 0 bridgehead atoms. The van der Waals surface area contributed by atoms with Gasteiger partial charge in [-0.3, -0.25) is 4.79 Å². The predicted octanol–water partition coefficient (Wildman–Crippen LogP) is 7.32. The van der Waals surface area contributed by atoms with Crippen LogP contribution in [0.25, 0.3) is 22.3 Å². The Morgan fingerprint density at radius 3 is 2.56 bits per heavy atom. The molecule has 0 saturated heterocycles. The fourth-order valence-electron chi connectivity index (χ4n) is 4.77. The van der Waals surface area contributed by atoms with Gasteiger partial charge in [0, 0.05) is 5.56 Å². The second-order valence-corrected chi connectivity index (χ2v) is 10.8.